The SMILES string of the molecule is COc1ccc(N/N=C/c2cc(OC)c(O)c([N+](=O)[O-])c2)cc1Cl. The summed E-state index contributed by atoms with van der Waals surface area (Å²) in [5, 5.41) is 25.0. The van der Waals surface area contributed by atoms with Gasteiger partial charge in [-0.2, -0.15) is 5.10 Å². The van der Waals surface area contributed by atoms with E-state index >= 15 is 0 Å². The summed E-state index contributed by atoms with van der Waals surface area (Å²) in [6.07, 6.45) is 1.35. The van der Waals surface area contributed by atoms with Gasteiger partial charge in [-0.1, -0.05) is 11.6 Å². The largest absolute Gasteiger partial charge is 0.500 e. The molecule has 0 aliphatic heterocycles. The number of nitrogens with zero attached hydrogens (tertiary/aromatic N) is 2. The van der Waals surface area contributed by atoms with E-state index in [-0.39, 0.29) is 5.75 Å². The van der Waals surface area contributed by atoms with Gasteiger partial charge in [0, 0.05) is 11.6 Å². The molecular weight excluding hydrogens is 338 g/mol. The van der Waals surface area contributed by atoms with Crippen LogP contribution in [0.25, 0.3) is 0 Å². The van der Waals surface area contributed by atoms with E-state index < -0.39 is 16.4 Å². The second-order valence-electron chi connectivity index (χ2n) is 4.57. The molecule has 0 aromatic heterocycles. The van der Waals surface area contributed by atoms with Crippen molar-refractivity contribution in [2.24, 2.45) is 5.10 Å². The molecule has 2 rings (SSSR count). The Morgan fingerprint density at radius 1 is 1.25 bits per heavy atom. The molecule has 8 nitrogen and oxygen atoms in total. The number of methoxy groups -OCH3 is 2. The number of phenols is 1. The molecule has 0 aliphatic carbocycles. The number of halogens is 1. The molecule has 2 aromatic rings. The van der Waals surface area contributed by atoms with E-state index in [1.165, 1.54) is 32.6 Å². The summed E-state index contributed by atoms with van der Waals surface area (Å²) in [6.45, 7) is 0. The standard InChI is InChI=1S/C15H14ClN3O5/c1-23-13-4-3-10(7-11(13)16)18-17-8-9-5-12(19(21)22)15(20)14(6-9)24-2/h3-8,18,20H,1-2H3/b17-8+. The van der Waals surface area contributed by atoms with Crippen LogP contribution in [-0.2, 0) is 0 Å². The fourth-order valence-corrected chi connectivity index (χ4v) is 2.16. The number of nitrogens with one attached hydrogen (secondary N) is 1. The third kappa shape index (κ3) is 3.85. The summed E-state index contributed by atoms with van der Waals surface area (Å²) in [6, 6.07) is 7.62. The lowest BCUT2D eigenvalue weighted by molar-refractivity contribution is -0.386. The Morgan fingerprint density at radius 2 is 1.96 bits per heavy atom. The maximum atomic E-state index is 10.9. The van der Waals surface area contributed by atoms with Gasteiger partial charge in [0.2, 0.25) is 5.75 Å². The van der Waals surface area contributed by atoms with Gasteiger partial charge in [-0.05, 0) is 24.3 Å². The number of nitro groups is 1. The lowest BCUT2D eigenvalue weighted by atomic mass is 10.2. The highest BCUT2D eigenvalue weighted by atomic mass is 35.5. The van der Waals surface area contributed by atoms with E-state index in [1.807, 2.05) is 0 Å². The Morgan fingerprint density at radius 3 is 2.54 bits per heavy atom. The monoisotopic (exact) mass is 351 g/mol. The lowest BCUT2D eigenvalue weighted by Gasteiger charge is -2.06. The molecule has 2 N–H and O–H groups in total. The van der Waals surface area contributed by atoms with Crippen molar-refractivity contribution < 1.29 is 19.5 Å². The van der Waals surface area contributed by atoms with Crippen molar-refractivity contribution in [1.82, 2.24) is 0 Å². The molecule has 2 aromatic carbocycles. The van der Waals surface area contributed by atoms with E-state index in [1.54, 1.807) is 18.2 Å². The molecule has 0 aliphatic rings. The van der Waals surface area contributed by atoms with Gasteiger partial charge in [-0.15, -0.1) is 0 Å². The number of anilines is 1. The fourth-order valence-electron chi connectivity index (χ4n) is 1.90. The van der Waals surface area contributed by atoms with Crippen LogP contribution in [0.15, 0.2) is 35.4 Å². The predicted molar refractivity (Wildman–Crippen MR) is 90.5 cm³/mol. The smallest absolute Gasteiger partial charge is 0.315 e. The highest BCUT2D eigenvalue weighted by Gasteiger charge is 2.19. The van der Waals surface area contributed by atoms with Gasteiger partial charge < -0.3 is 14.6 Å². The molecule has 0 amide bonds. The highest BCUT2D eigenvalue weighted by molar-refractivity contribution is 6.32. The molecule has 0 bridgehead atoms. The summed E-state index contributed by atoms with van der Waals surface area (Å²) in [5.74, 6) is -0.0159. The van der Waals surface area contributed by atoms with Gasteiger partial charge >= 0.3 is 5.69 Å². The molecule has 24 heavy (non-hydrogen) atoms. The summed E-state index contributed by atoms with van der Waals surface area (Å²) in [4.78, 5) is 10.2. The van der Waals surface area contributed by atoms with Crippen molar-refractivity contribution in [3.05, 3.63) is 51.0 Å². The first-order chi connectivity index (χ1) is 11.5. The van der Waals surface area contributed by atoms with Crippen LogP contribution in [0.3, 0.4) is 0 Å². The van der Waals surface area contributed by atoms with E-state index in [9.17, 15) is 15.2 Å². The number of hydrogen-bond acceptors (Lipinski definition) is 7. The number of hydrogen-bond donors (Lipinski definition) is 2. The van der Waals surface area contributed by atoms with Crippen LogP contribution in [0.1, 0.15) is 5.56 Å². The van der Waals surface area contributed by atoms with E-state index in [0.717, 1.165) is 0 Å². The zero-order valence-corrected chi connectivity index (χ0v) is 13.6. The minimum atomic E-state index is -0.703. The van der Waals surface area contributed by atoms with E-state index in [4.69, 9.17) is 21.1 Å². The second-order valence-corrected chi connectivity index (χ2v) is 4.97. The third-order valence-electron chi connectivity index (χ3n) is 3.05. The van der Waals surface area contributed by atoms with Gasteiger partial charge in [0.1, 0.15) is 5.75 Å². The van der Waals surface area contributed by atoms with Crippen LogP contribution in [0.5, 0.6) is 17.2 Å². The molecule has 0 heterocycles. The van der Waals surface area contributed by atoms with Gasteiger partial charge in [0.05, 0.1) is 36.1 Å². The predicted octanol–water partition coefficient (Wildman–Crippen LogP) is 3.42. The first-order valence-corrected chi connectivity index (χ1v) is 7.02. The Kier molecular flexibility index (Phi) is 5.43. The first-order valence-electron chi connectivity index (χ1n) is 6.64. The molecule has 0 fully saturated rings. The van der Waals surface area contributed by atoms with Crippen LogP contribution < -0.4 is 14.9 Å². The highest BCUT2D eigenvalue weighted by Crippen LogP contribution is 2.36. The van der Waals surface area contributed by atoms with Crippen LogP contribution in [-0.4, -0.2) is 30.5 Å². The van der Waals surface area contributed by atoms with Gasteiger partial charge in [0.15, 0.2) is 5.75 Å². The van der Waals surface area contributed by atoms with Gasteiger partial charge in [0.25, 0.3) is 0 Å². The number of ether oxygens (including phenoxy) is 2. The fraction of sp³-hybridized carbons (Fsp3) is 0.133. The molecule has 9 heteroatoms. The number of nitro benzene ring substituents is 1. The summed E-state index contributed by atoms with van der Waals surface area (Å²) in [5.41, 5.74) is 3.26. The maximum absolute atomic E-state index is 10.9. The van der Waals surface area contributed by atoms with Crippen molar-refractivity contribution in [1.29, 1.82) is 0 Å². The quantitative estimate of drug-likeness (QED) is 0.469. The number of phenolic OH excluding ortho intramolecular Hbond substituents is 1. The van der Waals surface area contributed by atoms with E-state index in [2.05, 4.69) is 10.5 Å². The minimum Gasteiger partial charge on any atom is -0.500 e. The maximum Gasteiger partial charge on any atom is 0.315 e. The van der Waals surface area contributed by atoms with Crippen LogP contribution in [0.4, 0.5) is 11.4 Å². The normalized spacial score (nSPS) is 10.6. The van der Waals surface area contributed by atoms with Crippen molar-refractivity contribution in [2.45, 2.75) is 0 Å². The Bertz CT molecular complexity index is 795. The summed E-state index contributed by atoms with van der Waals surface area (Å²) >= 11 is 6.00. The Balaban J connectivity index is 2.21. The Labute approximate surface area is 142 Å². The van der Waals surface area contributed by atoms with Crippen LogP contribution in [0, 0.1) is 10.1 Å². The second kappa shape index (κ2) is 7.51. The van der Waals surface area contributed by atoms with Crippen molar-refractivity contribution in [2.75, 3.05) is 19.6 Å². The van der Waals surface area contributed by atoms with Crippen LogP contribution in [0.2, 0.25) is 5.02 Å². The summed E-state index contributed by atoms with van der Waals surface area (Å²) < 4.78 is 9.96. The molecule has 0 saturated carbocycles. The number of benzene rings is 2. The zero-order valence-electron chi connectivity index (χ0n) is 12.8. The number of rotatable bonds is 6. The molecule has 0 unspecified atom stereocenters. The zero-order chi connectivity index (χ0) is 17.7. The molecule has 0 saturated heterocycles. The van der Waals surface area contributed by atoms with Gasteiger partial charge in [-0.25, -0.2) is 0 Å². The molecule has 126 valence electrons. The van der Waals surface area contributed by atoms with Gasteiger partial charge in [-0.3, -0.25) is 15.5 Å². The average Bonchev–Trinajstić information content (AvgIpc) is 2.56. The number of hydrazone groups is 1. The topological polar surface area (TPSA) is 106 Å². The molecule has 0 atom stereocenters. The summed E-state index contributed by atoms with van der Waals surface area (Å²) in [7, 11) is 2.81. The first kappa shape index (κ1) is 17.4. The lowest BCUT2D eigenvalue weighted by Crippen LogP contribution is -1.96. The average molecular weight is 352 g/mol. The Hall–Kier alpha value is -3.00. The van der Waals surface area contributed by atoms with Crippen LogP contribution >= 0.6 is 11.6 Å². The molecular formula is C15H14ClN3O5. The van der Waals surface area contributed by atoms with Crippen molar-refractivity contribution in [3.8, 4) is 17.2 Å². The molecule has 0 spiro atoms. The van der Waals surface area contributed by atoms with Crippen molar-refractivity contribution in [3.63, 3.8) is 0 Å². The van der Waals surface area contributed by atoms with E-state index in [0.29, 0.717) is 22.0 Å². The third-order valence-corrected chi connectivity index (χ3v) is 3.35. The number of aromatic hydroxyl groups is 1. The minimum absolute atomic E-state index is 0.0156. The van der Waals surface area contributed by atoms with Crippen molar-refractivity contribution >= 4 is 29.2 Å². The molecule has 0 radical (unpaired) electrons.